The van der Waals surface area contributed by atoms with Crippen molar-refractivity contribution in [1.82, 2.24) is 29.1 Å². The number of likely N-dealkylation sites (N-methyl/N-ethyl adjacent to an activating group) is 1. The predicted octanol–water partition coefficient (Wildman–Crippen LogP) is 2.24. The summed E-state index contributed by atoms with van der Waals surface area (Å²) >= 11 is 6.24. The first-order valence-electron chi connectivity index (χ1n) is 10.5. The number of rotatable bonds is 3. The normalized spacial score (nSPS) is 15.0. The first kappa shape index (κ1) is 20.7. The molecular weight excluding hydrogens is 428 g/mol. The first-order valence-corrected chi connectivity index (χ1v) is 10.9. The van der Waals surface area contributed by atoms with E-state index in [1.165, 1.54) is 4.68 Å². The molecule has 9 heteroatoms. The number of pyridine rings is 1. The van der Waals surface area contributed by atoms with Gasteiger partial charge in [0.1, 0.15) is 5.52 Å². The predicted molar refractivity (Wildman–Crippen MR) is 124 cm³/mol. The van der Waals surface area contributed by atoms with Gasteiger partial charge in [-0.3, -0.25) is 14.6 Å². The molecule has 0 spiro atoms. The molecule has 1 fully saturated rings. The molecule has 1 saturated heterocycles. The molecule has 0 unspecified atom stereocenters. The lowest BCUT2D eigenvalue weighted by Gasteiger charge is -2.32. The fourth-order valence-electron chi connectivity index (χ4n) is 4.36. The Morgan fingerprint density at radius 2 is 1.91 bits per heavy atom. The van der Waals surface area contributed by atoms with Gasteiger partial charge in [0.2, 0.25) is 5.91 Å². The smallest absolute Gasteiger partial charge is 0.296 e. The Bertz CT molecular complexity index is 1390. The molecule has 1 aliphatic rings. The number of amides is 1. The summed E-state index contributed by atoms with van der Waals surface area (Å²) in [6, 6.07) is 9.04. The molecule has 164 valence electrons. The van der Waals surface area contributed by atoms with Gasteiger partial charge < -0.3 is 14.4 Å². The van der Waals surface area contributed by atoms with Gasteiger partial charge in [-0.2, -0.15) is 9.78 Å². The summed E-state index contributed by atoms with van der Waals surface area (Å²) in [7, 11) is 3.89. The quantitative estimate of drug-likeness (QED) is 0.478. The van der Waals surface area contributed by atoms with Crippen LogP contribution >= 0.6 is 11.6 Å². The number of fused-ring (bicyclic) bond motifs is 3. The maximum absolute atomic E-state index is 13.5. The van der Waals surface area contributed by atoms with E-state index in [0.717, 1.165) is 24.0 Å². The summed E-state index contributed by atoms with van der Waals surface area (Å²) < 4.78 is 3.17. The van der Waals surface area contributed by atoms with Gasteiger partial charge in [-0.15, -0.1) is 0 Å². The van der Waals surface area contributed by atoms with Crippen LogP contribution in [0.15, 0.2) is 47.5 Å². The van der Waals surface area contributed by atoms with E-state index in [9.17, 15) is 9.59 Å². The SMILES string of the molecule is CN1CCN(C(=O)Cc2nn(-c3cccnc3)c(=O)c3c2c2ccc(Cl)cc2n3C)CC1. The minimum Gasteiger partial charge on any atom is -0.340 e. The Kier molecular flexibility index (Phi) is 5.19. The number of hydrogen-bond donors (Lipinski definition) is 0. The Balaban J connectivity index is 1.72. The van der Waals surface area contributed by atoms with E-state index in [-0.39, 0.29) is 17.9 Å². The van der Waals surface area contributed by atoms with Gasteiger partial charge in [-0.05, 0) is 31.3 Å². The monoisotopic (exact) mass is 450 g/mol. The van der Waals surface area contributed by atoms with Crippen molar-refractivity contribution in [3.8, 4) is 5.69 Å². The molecule has 8 nitrogen and oxygen atoms in total. The second kappa shape index (κ2) is 8.03. The third-order valence-corrected chi connectivity index (χ3v) is 6.37. The van der Waals surface area contributed by atoms with Crippen molar-refractivity contribution in [1.29, 1.82) is 0 Å². The molecule has 32 heavy (non-hydrogen) atoms. The number of carbonyl (C=O) groups excluding carboxylic acids is 1. The number of halogens is 1. The van der Waals surface area contributed by atoms with Gasteiger partial charge in [-0.25, -0.2) is 0 Å². The average Bonchev–Trinajstić information content (AvgIpc) is 3.09. The van der Waals surface area contributed by atoms with Crippen molar-refractivity contribution in [2.24, 2.45) is 7.05 Å². The molecule has 5 rings (SSSR count). The van der Waals surface area contributed by atoms with E-state index in [1.807, 2.05) is 28.6 Å². The van der Waals surface area contributed by atoms with Crippen LogP contribution in [0.4, 0.5) is 0 Å². The molecular formula is C23H23ClN6O2. The molecule has 1 aliphatic heterocycles. The number of nitrogens with zero attached hydrogens (tertiary/aromatic N) is 6. The van der Waals surface area contributed by atoms with Crippen LogP contribution in [0.1, 0.15) is 5.69 Å². The van der Waals surface area contributed by atoms with Crippen molar-refractivity contribution in [3.05, 3.63) is 63.8 Å². The molecule has 0 N–H and O–H groups in total. The molecule has 3 aromatic heterocycles. The van der Waals surface area contributed by atoms with E-state index in [1.54, 1.807) is 30.6 Å². The van der Waals surface area contributed by atoms with Crippen molar-refractivity contribution in [3.63, 3.8) is 0 Å². The summed E-state index contributed by atoms with van der Waals surface area (Å²) in [5.74, 6) is 0.00857. The van der Waals surface area contributed by atoms with Crippen molar-refractivity contribution in [2.75, 3.05) is 33.2 Å². The van der Waals surface area contributed by atoms with Crippen LogP contribution in [-0.2, 0) is 18.3 Å². The van der Waals surface area contributed by atoms with Gasteiger partial charge in [0, 0.05) is 55.2 Å². The topological polar surface area (TPSA) is 76.3 Å². The summed E-state index contributed by atoms with van der Waals surface area (Å²) in [5.41, 5.74) is 2.17. The van der Waals surface area contributed by atoms with Gasteiger partial charge in [0.05, 0.1) is 29.5 Å². The van der Waals surface area contributed by atoms with E-state index in [4.69, 9.17) is 11.6 Å². The standard InChI is InChI=1S/C23H23ClN6O2/c1-27-8-10-29(11-9-27)20(31)13-18-21-17-6-5-15(24)12-19(17)28(2)22(21)23(32)30(26-18)16-4-3-7-25-14-16/h3-7,12,14H,8-11,13H2,1-2H3. The number of carbonyl (C=O) groups is 1. The maximum Gasteiger partial charge on any atom is 0.296 e. The minimum atomic E-state index is -0.265. The fourth-order valence-corrected chi connectivity index (χ4v) is 4.52. The zero-order valence-electron chi connectivity index (χ0n) is 18.0. The van der Waals surface area contributed by atoms with E-state index in [2.05, 4.69) is 22.0 Å². The lowest BCUT2D eigenvalue weighted by Crippen LogP contribution is -2.47. The van der Waals surface area contributed by atoms with Crippen LogP contribution in [0.2, 0.25) is 5.02 Å². The summed E-state index contributed by atoms with van der Waals surface area (Å²) in [6.45, 7) is 3.06. The number of aryl methyl sites for hydroxylation is 1. The van der Waals surface area contributed by atoms with Gasteiger partial charge in [0.25, 0.3) is 5.56 Å². The largest absolute Gasteiger partial charge is 0.340 e. The van der Waals surface area contributed by atoms with Crippen LogP contribution < -0.4 is 5.56 Å². The zero-order valence-corrected chi connectivity index (χ0v) is 18.7. The highest BCUT2D eigenvalue weighted by Crippen LogP contribution is 2.31. The molecule has 1 amide bonds. The van der Waals surface area contributed by atoms with Crippen LogP contribution in [0.3, 0.4) is 0 Å². The molecule has 0 saturated carbocycles. The zero-order chi connectivity index (χ0) is 22.4. The maximum atomic E-state index is 13.5. The Hall–Kier alpha value is -3.23. The highest BCUT2D eigenvalue weighted by Gasteiger charge is 2.24. The highest BCUT2D eigenvalue weighted by atomic mass is 35.5. The van der Waals surface area contributed by atoms with Crippen molar-refractivity contribution in [2.45, 2.75) is 6.42 Å². The minimum absolute atomic E-state index is 0.00857. The summed E-state index contributed by atoms with van der Waals surface area (Å²) in [4.78, 5) is 34.9. The van der Waals surface area contributed by atoms with Crippen molar-refractivity contribution < 1.29 is 4.79 Å². The van der Waals surface area contributed by atoms with E-state index < -0.39 is 0 Å². The molecule has 0 aliphatic carbocycles. The van der Waals surface area contributed by atoms with Crippen LogP contribution in [-0.4, -0.2) is 68.3 Å². The number of benzene rings is 1. The lowest BCUT2D eigenvalue weighted by atomic mass is 10.1. The average molecular weight is 451 g/mol. The Morgan fingerprint density at radius 3 is 2.62 bits per heavy atom. The number of hydrogen-bond acceptors (Lipinski definition) is 5. The Labute approximate surface area is 189 Å². The van der Waals surface area contributed by atoms with E-state index >= 15 is 0 Å². The van der Waals surface area contributed by atoms with Gasteiger partial charge in [-0.1, -0.05) is 17.7 Å². The van der Waals surface area contributed by atoms with Crippen LogP contribution in [0.25, 0.3) is 27.5 Å². The number of piperazine rings is 1. The molecule has 0 bridgehead atoms. The van der Waals surface area contributed by atoms with Crippen LogP contribution in [0, 0.1) is 0 Å². The summed E-state index contributed by atoms with van der Waals surface area (Å²) in [5, 5.41) is 6.81. The molecule has 4 heterocycles. The first-order chi connectivity index (χ1) is 15.4. The molecule has 0 radical (unpaired) electrons. The second-order valence-corrected chi connectivity index (χ2v) is 8.62. The Morgan fingerprint density at radius 1 is 1.12 bits per heavy atom. The van der Waals surface area contributed by atoms with Crippen molar-refractivity contribution >= 4 is 39.3 Å². The number of aromatic nitrogens is 4. The highest BCUT2D eigenvalue weighted by molar-refractivity contribution is 6.31. The fraction of sp³-hybridized carbons (Fsp3) is 0.304. The lowest BCUT2D eigenvalue weighted by molar-refractivity contribution is -0.132. The van der Waals surface area contributed by atoms with Crippen LogP contribution in [0.5, 0.6) is 0 Å². The molecule has 4 aromatic rings. The summed E-state index contributed by atoms with van der Waals surface area (Å²) in [6.07, 6.45) is 3.35. The molecule has 0 atom stereocenters. The van der Waals surface area contributed by atoms with Gasteiger partial charge in [0.15, 0.2) is 0 Å². The third kappa shape index (κ3) is 3.45. The van der Waals surface area contributed by atoms with E-state index in [0.29, 0.717) is 40.4 Å². The van der Waals surface area contributed by atoms with Gasteiger partial charge >= 0.3 is 0 Å². The second-order valence-electron chi connectivity index (χ2n) is 8.18. The third-order valence-electron chi connectivity index (χ3n) is 6.13. The molecule has 1 aromatic carbocycles.